The fraction of sp³-hybridized carbons (Fsp3) is 0.176. The first-order chi connectivity index (χ1) is 11.5. The van der Waals surface area contributed by atoms with E-state index in [0.29, 0.717) is 28.5 Å². The summed E-state index contributed by atoms with van der Waals surface area (Å²) < 4.78 is 10.4. The maximum atomic E-state index is 12.2. The van der Waals surface area contributed by atoms with Crippen LogP contribution in [0.3, 0.4) is 0 Å². The lowest BCUT2D eigenvalue weighted by atomic mass is 10.2. The van der Waals surface area contributed by atoms with Crippen LogP contribution in [-0.4, -0.2) is 23.9 Å². The minimum absolute atomic E-state index is 0.332. The molecule has 0 saturated heterocycles. The number of benzene rings is 1. The Labute approximate surface area is 138 Å². The molecule has 124 valence electrons. The van der Waals surface area contributed by atoms with Crippen molar-refractivity contribution >= 4 is 22.7 Å². The van der Waals surface area contributed by atoms with Gasteiger partial charge in [0, 0.05) is 17.0 Å². The quantitative estimate of drug-likeness (QED) is 0.644. The minimum atomic E-state index is -0.448. The lowest BCUT2D eigenvalue weighted by molar-refractivity contribution is 0.0843. The fourth-order valence-corrected chi connectivity index (χ4v) is 2.46. The van der Waals surface area contributed by atoms with Gasteiger partial charge >= 0.3 is 0 Å². The number of carbonyl (C=O) groups excluding carboxylic acids is 2. The van der Waals surface area contributed by atoms with Crippen molar-refractivity contribution < 1.29 is 18.7 Å². The number of ether oxygens (including phenoxy) is 1. The molecule has 0 aliphatic rings. The topological polar surface area (TPSA) is 96.4 Å². The van der Waals surface area contributed by atoms with Crippen LogP contribution in [0.4, 0.5) is 0 Å². The van der Waals surface area contributed by atoms with Gasteiger partial charge in [-0.1, -0.05) is 0 Å². The van der Waals surface area contributed by atoms with Crippen molar-refractivity contribution in [2.75, 3.05) is 7.11 Å². The second kappa shape index (κ2) is 6.11. The van der Waals surface area contributed by atoms with Crippen molar-refractivity contribution in [1.29, 1.82) is 0 Å². The van der Waals surface area contributed by atoms with E-state index in [-0.39, 0.29) is 0 Å². The number of aromatic amines is 1. The Morgan fingerprint density at radius 1 is 1.08 bits per heavy atom. The van der Waals surface area contributed by atoms with Gasteiger partial charge in [0.2, 0.25) is 0 Å². The van der Waals surface area contributed by atoms with E-state index in [1.54, 1.807) is 39.2 Å². The van der Waals surface area contributed by atoms with Crippen molar-refractivity contribution in [3.8, 4) is 5.75 Å². The largest absolute Gasteiger partial charge is 0.497 e. The van der Waals surface area contributed by atoms with Gasteiger partial charge in [-0.3, -0.25) is 20.4 Å². The summed E-state index contributed by atoms with van der Waals surface area (Å²) in [5.74, 6) is 0.938. The summed E-state index contributed by atoms with van der Waals surface area (Å²) in [5, 5.41) is 0.869. The van der Waals surface area contributed by atoms with Crippen LogP contribution in [0.5, 0.6) is 5.75 Å². The second-order valence-electron chi connectivity index (χ2n) is 5.37. The smallest absolute Gasteiger partial charge is 0.286 e. The zero-order valence-electron chi connectivity index (χ0n) is 13.5. The first-order valence-electron chi connectivity index (χ1n) is 7.32. The molecule has 0 radical (unpaired) electrons. The maximum absolute atomic E-state index is 12.2. The molecule has 0 aliphatic carbocycles. The molecule has 0 spiro atoms. The summed E-state index contributed by atoms with van der Waals surface area (Å²) >= 11 is 0. The van der Waals surface area contributed by atoms with Crippen LogP contribution < -0.4 is 15.6 Å². The van der Waals surface area contributed by atoms with Gasteiger partial charge < -0.3 is 14.1 Å². The molecule has 2 heterocycles. The first-order valence-corrected chi connectivity index (χ1v) is 7.32. The van der Waals surface area contributed by atoms with Gasteiger partial charge in [0.1, 0.15) is 23.0 Å². The highest BCUT2D eigenvalue weighted by Crippen LogP contribution is 2.21. The Morgan fingerprint density at radius 3 is 2.50 bits per heavy atom. The number of nitrogens with one attached hydrogen (secondary N) is 3. The Kier molecular flexibility index (Phi) is 3.99. The van der Waals surface area contributed by atoms with Crippen LogP contribution in [0.25, 0.3) is 10.9 Å². The molecule has 0 fully saturated rings. The van der Waals surface area contributed by atoms with Crippen LogP contribution >= 0.6 is 0 Å². The maximum Gasteiger partial charge on any atom is 0.286 e. The molecule has 3 rings (SSSR count). The highest BCUT2D eigenvalue weighted by atomic mass is 16.5. The highest BCUT2D eigenvalue weighted by Gasteiger charge is 2.15. The molecule has 3 aromatic rings. The molecular formula is C17H17N3O4. The number of H-pyrrole nitrogens is 1. The fourth-order valence-electron chi connectivity index (χ4n) is 2.46. The highest BCUT2D eigenvalue weighted by molar-refractivity contribution is 6.01. The number of methoxy groups -OCH3 is 1. The average molecular weight is 327 g/mol. The normalized spacial score (nSPS) is 10.6. The number of hydrogen-bond acceptors (Lipinski definition) is 4. The number of amides is 2. The average Bonchev–Trinajstić information content (AvgIpc) is 3.14. The number of rotatable bonds is 3. The Bertz CT molecular complexity index is 923. The Morgan fingerprint density at radius 2 is 1.83 bits per heavy atom. The zero-order chi connectivity index (χ0) is 17.3. The van der Waals surface area contributed by atoms with Crippen LogP contribution in [0, 0.1) is 13.8 Å². The van der Waals surface area contributed by atoms with Crippen molar-refractivity contribution in [3.05, 3.63) is 53.1 Å². The number of aromatic nitrogens is 1. The lowest BCUT2D eigenvalue weighted by Gasteiger charge is -2.05. The van der Waals surface area contributed by atoms with Crippen molar-refractivity contribution in [3.63, 3.8) is 0 Å². The molecule has 0 aliphatic heterocycles. The third-order valence-corrected chi connectivity index (χ3v) is 3.65. The summed E-state index contributed by atoms with van der Waals surface area (Å²) in [4.78, 5) is 27.2. The van der Waals surface area contributed by atoms with E-state index in [9.17, 15) is 9.59 Å². The van der Waals surface area contributed by atoms with E-state index in [4.69, 9.17) is 9.15 Å². The summed E-state index contributed by atoms with van der Waals surface area (Å²) in [5.41, 5.74) is 6.24. The monoisotopic (exact) mass is 327 g/mol. The van der Waals surface area contributed by atoms with Crippen molar-refractivity contribution in [1.82, 2.24) is 15.8 Å². The molecule has 0 atom stereocenters. The third kappa shape index (κ3) is 2.96. The van der Waals surface area contributed by atoms with Gasteiger partial charge in [-0.25, -0.2) is 0 Å². The van der Waals surface area contributed by atoms with Gasteiger partial charge in [-0.05, 0) is 38.1 Å². The minimum Gasteiger partial charge on any atom is -0.497 e. The molecule has 0 saturated carbocycles. The van der Waals surface area contributed by atoms with E-state index >= 15 is 0 Å². The summed E-state index contributed by atoms with van der Waals surface area (Å²) in [6, 6.07) is 8.76. The van der Waals surface area contributed by atoms with Gasteiger partial charge in [0.25, 0.3) is 11.8 Å². The molecule has 2 aromatic heterocycles. The molecule has 0 unspecified atom stereocenters. The van der Waals surface area contributed by atoms with E-state index in [2.05, 4.69) is 15.8 Å². The first kappa shape index (κ1) is 15.7. The zero-order valence-corrected chi connectivity index (χ0v) is 13.5. The van der Waals surface area contributed by atoms with Crippen molar-refractivity contribution in [2.24, 2.45) is 0 Å². The van der Waals surface area contributed by atoms with Crippen molar-refractivity contribution in [2.45, 2.75) is 13.8 Å². The Hall–Kier alpha value is -3.22. The van der Waals surface area contributed by atoms with Gasteiger partial charge in [0.15, 0.2) is 0 Å². The summed E-state index contributed by atoms with van der Waals surface area (Å²) in [6.07, 6.45) is 0. The Balaban J connectivity index is 1.71. The predicted molar refractivity (Wildman–Crippen MR) is 88.0 cm³/mol. The molecular weight excluding hydrogens is 310 g/mol. The molecule has 7 nitrogen and oxygen atoms in total. The number of aryl methyl sites for hydroxylation is 2. The van der Waals surface area contributed by atoms with Crippen LogP contribution in [0.2, 0.25) is 0 Å². The second-order valence-corrected chi connectivity index (χ2v) is 5.37. The van der Waals surface area contributed by atoms with E-state index in [1.807, 2.05) is 12.1 Å². The standard InChI is InChI=1S/C17H17N3O4/c1-9-6-13(10(2)24-9)16(21)19-20-17(22)15-7-11-4-5-12(23-3)8-14(11)18-15/h4-8,18H,1-3H3,(H,19,21)(H,20,22). The molecule has 3 N–H and O–H groups in total. The van der Waals surface area contributed by atoms with Crippen LogP contribution in [0.1, 0.15) is 32.4 Å². The molecule has 1 aromatic carbocycles. The predicted octanol–water partition coefficient (Wildman–Crippen LogP) is 2.46. The van der Waals surface area contributed by atoms with Crippen LogP contribution in [0.15, 0.2) is 34.7 Å². The number of hydrogen-bond donors (Lipinski definition) is 3. The van der Waals surface area contributed by atoms with Gasteiger partial charge in [0.05, 0.1) is 12.7 Å². The van der Waals surface area contributed by atoms with Gasteiger partial charge in [-0.2, -0.15) is 0 Å². The SMILES string of the molecule is COc1ccc2cc(C(=O)NNC(=O)c3cc(C)oc3C)[nH]c2c1. The molecule has 7 heteroatoms. The number of fused-ring (bicyclic) bond motifs is 1. The number of hydrazine groups is 1. The molecule has 0 bridgehead atoms. The van der Waals surface area contributed by atoms with E-state index < -0.39 is 11.8 Å². The molecule has 2 amide bonds. The number of carbonyl (C=O) groups is 2. The molecule has 24 heavy (non-hydrogen) atoms. The lowest BCUT2D eigenvalue weighted by Crippen LogP contribution is -2.41. The summed E-state index contributed by atoms with van der Waals surface area (Å²) in [7, 11) is 1.58. The van der Waals surface area contributed by atoms with Crippen LogP contribution in [-0.2, 0) is 0 Å². The summed E-state index contributed by atoms with van der Waals surface area (Å²) in [6.45, 7) is 3.44. The van der Waals surface area contributed by atoms with Gasteiger partial charge in [-0.15, -0.1) is 0 Å². The number of furan rings is 1. The third-order valence-electron chi connectivity index (χ3n) is 3.65. The van der Waals surface area contributed by atoms with E-state index in [0.717, 1.165) is 10.9 Å². The van der Waals surface area contributed by atoms with E-state index in [1.165, 1.54) is 0 Å².